The summed E-state index contributed by atoms with van der Waals surface area (Å²) in [5.74, 6) is -1.15. The van der Waals surface area contributed by atoms with Gasteiger partial charge in [-0.1, -0.05) is 66.8 Å². The minimum Gasteiger partial charge on any atom is -0.351 e. The highest BCUT2D eigenvalue weighted by atomic mass is 35.5. The van der Waals surface area contributed by atoms with E-state index in [1.807, 2.05) is 31.2 Å². The monoisotopic (exact) mass is 564 g/mol. The number of aryl methyl sites for hydroxylation is 1. The van der Waals surface area contributed by atoms with Crippen molar-refractivity contribution >= 4 is 40.8 Å². The second kappa shape index (κ2) is 14.0. The lowest BCUT2D eigenvalue weighted by atomic mass is 9.94. The van der Waals surface area contributed by atoms with Gasteiger partial charge in [0, 0.05) is 30.8 Å². The van der Waals surface area contributed by atoms with E-state index in [-0.39, 0.29) is 48.0 Å². The van der Waals surface area contributed by atoms with E-state index in [1.165, 1.54) is 23.1 Å². The van der Waals surface area contributed by atoms with Crippen molar-refractivity contribution in [2.24, 2.45) is 0 Å². The van der Waals surface area contributed by atoms with Crippen LogP contribution in [0, 0.1) is 12.7 Å². The molecule has 40 heavy (non-hydrogen) atoms. The molecule has 0 bridgehead atoms. The van der Waals surface area contributed by atoms with Gasteiger partial charge in [0.2, 0.25) is 17.7 Å². The average Bonchev–Trinajstić information content (AvgIpc) is 2.95. The molecule has 210 valence electrons. The van der Waals surface area contributed by atoms with Crippen molar-refractivity contribution in [3.8, 4) is 0 Å². The number of pyridine rings is 1. The molecule has 7 nitrogen and oxygen atoms in total. The number of amides is 3. The van der Waals surface area contributed by atoms with Crippen molar-refractivity contribution in [1.82, 2.24) is 10.3 Å². The number of nitrogens with one attached hydrogen (secondary N) is 2. The van der Waals surface area contributed by atoms with Gasteiger partial charge in [0.25, 0.3) is 0 Å². The quantitative estimate of drug-likeness (QED) is 0.293. The van der Waals surface area contributed by atoms with E-state index in [1.54, 1.807) is 24.4 Å². The van der Waals surface area contributed by atoms with E-state index in [0.29, 0.717) is 17.1 Å². The van der Waals surface area contributed by atoms with Crippen molar-refractivity contribution in [1.29, 1.82) is 0 Å². The fourth-order valence-corrected chi connectivity index (χ4v) is 5.10. The summed E-state index contributed by atoms with van der Waals surface area (Å²) in [6.07, 6.45) is 6.88. The normalized spacial score (nSPS) is 14.3. The molecule has 3 aromatic rings. The second-order valence-electron chi connectivity index (χ2n) is 10.1. The van der Waals surface area contributed by atoms with Crippen LogP contribution in [0.4, 0.5) is 15.9 Å². The molecule has 0 radical (unpaired) electrons. The Balaban J connectivity index is 1.59. The van der Waals surface area contributed by atoms with Crippen LogP contribution in [0.2, 0.25) is 5.02 Å². The van der Waals surface area contributed by atoms with Gasteiger partial charge in [-0.15, -0.1) is 0 Å². The molecule has 1 aliphatic carbocycles. The topological polar surface area (TPSA) is 91.4 Å². The van der Waals surface area contributed by atoms with E-state index in [0.717, 1.165) is 37.7 Å². The third-order valence-electron chi connectivity index (χ3n) is 7.03. The van der Waals surface area contributed by atoms with Crippen LogP contribution in [0.25, 0.3) is 0 Å². The Morgan fingerprint density at radius 1 is 1.02 bits per heavy atom. The fourth-order valence-electron chi connectivity index (χ4n) is 4.93. The number of carbonyl (C=O) groups excluding carboxylic acids is 3. The van der Waals surface area contributed by atoms with E-state index in [9.17, 15) is 18.8 Å². The van der Waals surface area contributed by atoms with Crippen LogP contribution in [-0.2, 0) is 14.4 Å². The molecular weight excluding hydrogens is 531 g/mol. The molecule has 0 aliphatic heterocycles. The summed E-state index contributed by atoms with van der Waals surface area (Å²) in [7, 11) is 0. The van der Waals surface area contributed by atoms with Crippen molar-refractivity contribution in [3.63, 3.8) is 0 Å². The molecule has 1 aromatic heterocycles. The zero-order valence-corrected chi connectivity index (χ0v) is 23.3. The molecule has 1 atom stereocenters. The number of hydrogen-bond donors (Lipinski definition) is 2. The van der Waals surface area contributed by atoms with E-state index >= 15 is 0 Å². The van der Waals surface area contributed by atoms with Crippen LogP contribution in [0.15, 0.2) is 66.9 Å². The highest BCUT2D eigenvalue weighted by molar-refractivity contribution is 6.31. The number of hydrogen-bond acceptors (Lipinski definition) is 4. The van der Waals surface area contributed by atoms with Gasteiger partial charge in [-0.25, -0.2) is 9.37 Å². The second-order valence-corrected chi connectivity index (χ2v) is 10.5. The Kier molecular flexibility index (Phi) is 10.2. The summed E-state index contributed by atoms with van der Waals surface area (Å²) in [5.41, 5.74) is 1.94. The molecule has 3 amide bonds. The van der Waals surface area contributed by atoms with Gasteiger partial charge in [-0.3, -0.25) is 19.3 Å². The summed E-state index contributed by atoms with van der Waals surface area (Å²) < 4.78 is 14.1. The van der Waals surface area contributed by atoms with E-state index in [2.05, 4.69) is 15.6 Å². The summed E-state index contributed by atoms with van der Waals surface area (Å²) in [5, 5.41) is 5.71. The predicted octanol–water partition coefficient (Wildman–Crippen LogP) is 6.51. The molecule has 1 saturated carbocycles. The van der Waals surface area contributed by atoms with Gasteiger partial charge in [-0.2, -0.15) is 0 Å². The molecule has 1 aliphatic rings. The Labute approximate surface area is 239 Å². The maximum atomic E-state index is 14.1. The Hall–Kier alpha value is -3.78. The van der Waals surface area contributed by atoms with Crippen molar-refractivity contribution in [2.45, 2.75) is 70.4 Å². The molecule has 9 heteroatoms. The maximum absolute atomic E-state index is 14.1. The molecule has 0 unspecified atom stereocenters. The van der Waals surface area contributed by atoms with Crippen molar-refractivity contribution in [3.05, 3.63) is 88.8 Å². The Morgan fingerprint density at radius 3 is 2.45 bits per heavy atom. The number of anilines is 2. The standard InChI is InChI=1S/C31H34ClFN4O3/c1-21-13-15-22(16-14-21)30(31(40)35-23-8-3-2-4-9-23)37(24-17-18-26(33)25(32)20-24)29(39)12-7-11-28(38)36-27-10-5-6-19-34-27/h5-6,10,13-20,23,30H,2-4,7-9,11-12H2,1H3,(H,35,40)(H,34,36,38)/t30-/m0/s1. The van der Waals surface area contributed by atoms with Gasteiger partial charge in [-0.05, 0) is 62.1 Å². The third kappa shape index (κ3) is 7.88. The molecule has 2 aromatic carbocycles. The van der Waals surface area contributed by atoms with Crippen molar-refractivity contribution in [2.75, 3.05) is 10.2 Å². The SMILES string of the molecule is Cc1ccc([C@@H](C(=O)NC2CCCCC2)N(C(=O)CCCC(=O)Nc2ccccn2)c2ccc(F)c(Cl)c2)cc1. The largest absolute Gasteiger partial charge is 0.351 e. The molecular formula is C31H34ClFN4O3. The highest BCUT2D eigenvalue weighted by Gasteiger charge is 2.34. The first-order valence-corrected chi connectivity index (χ1v) is 14.0. The third-order valence-corrected chi connectivity index (χ3v) is 7.32. The molecule has 4 rings (SSSR count). The molecule has 0 spiro atoms. The van der Waals surface area contributed by atoms with Crippen LogP contribution in [-0.4, -0.2) is 28.7 Å². The highest BCUT2D eigenvalue weighted by Crippen LogP contribution is 2.32. The first kappa shape index (κ1) is 29.2. The Bertz CT molecular complexity index is 1310. The summed E-state index contributed by atoms with van der Waals surface area (Å²) >= 11 is 6.12. The first-order valence-electron chi connectivity index (χ1n) is 13.7. The molecule has 1 fully saturated rings. The lowest BCUT2D eigenvalue weighted by molar-refractivity contribution is -0.127. The van der Waals surface area contributed by atoms with Gasteiger partial charge >= 0.3 is 0 Å². The minimum absolute atomic E-state index is 0.0102. The van der Waals surface area contributed by atoms with Gasteiger partial charge in [0.05, 0.1) is 5.02 Å². The van der Waals surface area contributed by atoms with Crippen LogP contribution in [0.1, 0.15) is 68.5 Å². The number of halogens is 2. The zero-order valence-electron chi connectivity index (χ0n) is 22.5. The summed E-state index contributed by atoms with van der Waals surface area (Å²) in [6, 6.07) is 15.6. The number of nitrogens with zero attached hydrogens (tertiary/aromatic N) is 2. The number of carbonyl (C=O) groups is 3. The number of aromatic nitrogens is 1. The van der Waals surface area contributed by atoms with Gasteiger partial charge < -0.3 is 10.6 Å². The average molecular weight is 565 g/mol. The lowest BCUT2D eigenvalue weighted by Gasteiger charge is -2.33. The van der Waals surface area contributed by atoms with Crippen LogP contribution in [0.3, 0.4) is 0 Å². The van der Waals surface area contributed by atoms with Gasteiger partial charge in [0.15, 0.2) is 0 Å². The number of benzene rings is 2. The van der Waals surface area contributed by atoms with Crippen molar-refractivity contribution < 1.29 is 18.8 Å². The van der Waals surface area contributed by atoms with E-state index in [4.69, 9.17) is 11.6 Å². The molecule has 0 saturated heterocycles. The van der Waals surface area contributed by atoms with E-state index < -0.39 is 11.9 Å². The maximum Gasteiger partial charge on any atom is 0.248 e. The smallest absolute Gasteiger partial charge is 0.248 e. The molecule has 2 N–H and O–H groups in total. The zero-order chi connectivity index (χ0) is 28.5. The first-order chi connectivity index (χ1) is 19.3. The Morgan fingerprint density at radius 2 is 1.77 bits per heavy atom. The minimum atomic E-state index is -1.00. The van der Waals surface area contributed by atoms with Crippen LogP contribution < -0.4 is 15.5 Å². The molecule has 1 heterocycles. The van der Waals surface area contributed by atoms with Crippen LogP contribution in [0.5, 0.6) is 0 Å². The summed E-state index contributed by atoms with van der Waals surface area (Å²) in [6.45, 7) is 1.94. The van der Waals surface area contributed by atoms with Gasteiger partial charge in [0.1, 0.15) is 17.7 Å². The van der Waals surface area contributed by atoms with Crippen LogP contribution >= 0.6 is 11.6 Å². The fraction of sp³-hybridized carbons (Fsp3) is 0.355. The lowest BCUT2D eigenvalue weighted by Crippen LogP contribution is -2.47. The predicted molar refractivity (Wildman–Crippen MR) is 155 cm³/mol. The number of rotatable bonds is 10. The summed E-state index contributed by atoms with van der Waals surface area (Å²) in [4.78, 5) is 45.6.